The van der Waals surface area contributed by atoms with Crippen molar-refractivity contribution >= 4 is 38.5 Å². The Bertz CT molecular complexity index is 988. The van der Waals surface area contributed by atoms with E-state index in [-0.39, 0.29) is 16.6 Å². The lowest BCUT2D eigenvalue weighted by molar-refractivity contribution is -0.384. The molecule has 3 aromatic rings. The van der Waals surface area contributed by atoms with Crippen molar-refractivity contribution in [2.45, 2.75) is 26.3 Å². The van der Waals surface area contributed by atoms with Gasteiger partial charge in [0.25, 0.3) is 5.69 Å². The molecule has 1 aromatic heterocycles. The van der Waals surface area contributed by atoms with Gasteiger partial charge in [0.1, 0.15) is 0 Å². The van der Waals surface area contributed by atoms with Gasteiger partial charge in [-0.2, -0.15) is 0 Å². The van der Waals surface area contributed by atoms with Gasteiger partial charge in [-0.05, 0) is 31.0 Å². The maximum absolute atomic E-state index is 11.0. The molecule has 0 radical (unpaired) electrons. The van der Waals surface area contributed by atoms with Crippen molar-refractivity contribution in [3.63, 3.8) is 0 Å². The van der Waals surface area contributed by atoms with Gasteiger partial charge in [0.2, 0.25) is 0 Å². The van der Waals surface area contributed by atoms with E-state index in [0.717, 1.165) is 33.9 Å². The maximum Gasteiger partial charge on any atom is 0.305 e. The van der Waals surface area contributed by atoms with Gasteiger partial charge in [-0.25, -0.2) is 0 Å². The number of fused-ring (bicyclic) bond motifs is 1. The van der Waals surface area contributed by atoms with Crippen molar-refractivity contribution in [3.8, 4) is 11.3 Å². The number of halogens is 1. The molecular formula is C23H27BrN2O5. The molecule has 0 aliphatic heterocycles. The molecule has 0 unspecified atom stereocenters. The van der Waals surface area contributed by atoms with E-state index in [4.69, 9.17) is 4.74 Å². The Hall–Kier alpha value is -2.71. The van der Waals surface area contributed by atoms with Crippen molar-refractivity contribution < 1.29 is 19.2 Å². The molecule has 0 aliphatic carbocycles. The third kappa shape index (κ3) is 7.18. The molecule has 0 N–H and O–H groups in total. The zero-order valence-electron chi connectivity index (χ0n) is 17.8. The van der Waals surface area contributed by atoms with E-state index in [2.05, 4.69) is 25.2 Å². The molecule has 2 aromatic carbocycles. The van der Waals surface area contributed by atoms with Crippen LogP contribution in [0.4, 0.5) is 5.69 Å². The number of nitro groups is 1. The molecule has 0 spiro atoms. The van der Waals surface area contributed by atoms with Crippen molar-refractivity contribution in [1.82, 2.24) is 4.57 Å². The van der Waals surface area contributed by atoms with Crippen LogP contribution in [-0.4, -0.2) is 41.1 Å². The van der Waals surface area contributed by atoms with Gasteiger partial charge in [-0.1, -0.05) is 46.3 Å². The second kappa shape index (κ2) is 12.9. The summed E-state index contributed by atoms with van der Waals surface area (Å²) in [5.74, 6) is -0.100. The average molecular weight is 491 g/mol. The third-order valence-electron chi connectivity index (χ3n) is 4.50. The fourth-order valence-corrected chi connectivity index (χ4v) is 3.37. The van der Waals surface area contributed by atoms with E-state index in [1.54, 1.807) is 25.3 Å². The number of aromatic nitrogens is 1. The lowest BCUT2D eigenvalue weighted by atomic mass is 10.1. The lowest BCUT2D eigenvalue weighted by Gasteiger charge is -2.10. The van der Waals surface area contributed by atoms with E-state index >= 15 is 0 Å². The average Bonchev–Trinajstić information content (AvgIpc) is 3.15. The molecule has 0 amide bonds. The summed E-state index contributed by atoms with van der Waals surface area (Å²) in [4.78, 5) is 21.1. The normalized spacial score (nSPS) is 10.4. The number of nitrogens with zero attached hydrogens (tertiary/aromatic N) is 2. The third-order valence-corrected chi connectivity index (χ3v) is 5.06. The molecule has 3 rings (SSSR count). The smallest absolute Gasteiger partial charge is 0.305 e. The predicted molar refractivity (Wildman–Crippen MR) is 126 cm³/mol. The van der Waals surface area contributed by atoms with Crippen LogP contribution in [0.15, 0.2) is 54.6 Å². The highest BCUT2D eigenvalue weighted by Crippen LogP contribution is 2.30. The van der Waals surface area contributed by atoms with Crippen LogP contribution in [0.3, 0.4) is 0 Å². The van der Waals surface area contributed by atoms with E-state index in [1.807, 2.05) is 43.3 Å². The number of methoxy groups -OCH3 is 1. The molecule has 0 atom stereocenters. The minimum atomic E-state index is -0.367. The summed E-state index contributed by atoms with van der Waals surface area (Å²) >= 11 is 3.22. The highest BCUT2D eigenvalue weighted by molar-refractivity contribution is 9.09. The summed E-state index contributed by atoms with van der Waals surface area (Å²) in [5, 5.41) is 12.7. The van der Waals surface area contributed by atoms with Crippen LogP contribution in [0.1, 0.15) is 19.8 Å². The summed E-state index contributed by atoms with van der Waals surface area (Å²) < 4.78 is 12.0. The molecule has 31 heavy (non-hydrogen) atoms. The largest absolute Gasteiger partial charge is 0.466 e. The fourth-order valence-electron chi connectivity index (χ4n) is 3.09. The van der Waals surface area contributed by atoms with Crippen LogP contribution < -0.4 is 0 Å². The Morgan fingerprint density at radius 3 is 2.52 bits per heavy atom. The van der Waals surface area contributed by atoms with E-state index in [0.29, 0.717) is 26.2 Å². The maximum atomic E-state index is 11.0. The summed E-state index contributed by atoms with van der Waals surface area (Å²) in [7, 11) is 1.67. The van der Waals surface area contributed by atoms with Crippen LogP contribution in [0, 0.1) is 10.1 Å². The number of rotatable bonds is 9. The molecular weight excluding hydrogens is 464 g/mol. The SMILES string of the molecule is CCOC(=O)CCCBr.COCCn1c(-c2ccccc2)cc2cc([N+](=O)[O-])ccc21. The minimum absolute atomic E-state index is 0.100. The number of benzene rings is 2. The number of nitro benzene ring substituents is 1. The Kier molecular flexibility index (Phi) is 10.2. The number of hydrogen-bond acceptors (Lipinski definition) is 5. The Morgan fingerprint density at radius 1 is 1.16 bits per heavy atom. The van der Waals surface area contributed by atoms with Crippen LogP contribution in [0.2, 0.25) is 0 Å². The Labute approximate surface area is 190 Å². The molecule has 8 heteroatoms. The number of ether oxygens (including phenoxy) is 2. The Morgan fingerprint density at radius 2 is 1.90 bits per heavy atom. The highest BCUT2D eigenvalue weighted by atomic mass is 79.9. The first kappa shape index (κ1) is 24.6. The highest BCUT2D eigenvalue weighted by Gasteiger charge is 2.14. The van der Waals surface area contributed by atoms with Gasteiger partial charge < -0.3 is 14.0 Å². The molecule has 166 valence electrons. The van der Waals surface area contributed by atoms with E-state index in [9.17, 15) is 14.9 Å². The van der Waals surface area contributed by atoms with Crippen LogP contribution >= 0.6 is 15.9 Å². The summed E-state index contributed by atoms with van der Waals surface area (Å²) in [5.41, 5.74) is 3.20. The number of carbonyl (C=O) groups excluding carboxylic acids is 1. The van der Waals surface area contributed by atoms with Crippen LogP contribution in [0.5, 0.6) is 0 Å². The van der Waals surface area contributed by atoms with Gasteiger partial charge in [-0.15, -0.1) is 0 Å². The number of carbonyl (C=O) groups is 1. The zero-order valence-corrected chi connectivity index (χ0v) is 19.3. The van der Waals surface area contributed by atoms with Crippen LogP contribution in [-0.2, 0) is 20.8 Å². The minimum Gasteiger partial charge on any atom is -0.466 e. The fraction of sp³-hybridized carbons (Fsp3) is 0.348. The van der Waals surface area contributed by atoms with Gasteiger partial charge in [-0.3, -0.25) is 14.9 Å². The monoisotopic (exact) mass is 490 g/mol. The van der Waals surface area contributed by atoms with Crippen molar-refractivity contribution in [2.75, 3.05) is 25.7 Å². The van der Waals surface area contributed by atoms with Gasteiger partial charge in [0.15, 0.2) is 0 Å². The molecule has 1 heterocycles. The molecule has 7 nitrogen and oxygen atoms in total. The van der Waals surface area contributed by atoms with Gasteiger partial charge in [0.05, 0.1) is 18.1 Å². The summed E-state index contributed by atoms with van der Waals surface area (Å²) in [6.45, 7) is 3.58. The summed E-state index contributed by atoms with van der Waals surface area (Å²) in [6, 6.07) is 17.0. The Balaban J connectivity index is 0.000000323. The second-order valence-electron chi connectivity index (χ2n) is 6.64. The van der Waals surface area contributed by atoms with E-state index in [1.165, 1.54) is 0 Å². The number of non-ortho nitro benzene ring substituents is 1. The number of hydrogen-bond donors (Lipinski definition) is 0. The lowest BCUT2D eigenvalue weighted by Crippen LogP contribution is -2.05. The van der Waals surface area contributed by atoms with Crippen LogP contribution in [0.25, 0.3) is 22.2 Å². The molecule has 0 fully saturated rings. The molecule has 0 saturated heterocycles. The first-order valence-electron chi connectivity index (χ1n) is 10.1. The van der Waals surface area contributed by atoms with E-state index < -0.39 is 0 Å². The second-order valence-corrected chi connectivity index (χ2v) is 7.43. The molecule has 0 bridgehead atoms. The molecule has 0 saturated carbocycles. The standard InChI is InChI=1S/C17H16N2O3.C6H11BrO2/c1-22-10-9-18-16-8-7-15(19(20)21)11-14(16)12-17(18)13-5-3-2-4-6-13;1-2-9-6(8)4-3-5-7/h2-8,11-12H,9-10H2,1H3;2-5H2,1H3. The first-order valence-corrected chi connectivity index (χ1v) is 11.2. The first-order chi connectivity index (χ1) is 15.0. The van der Waals surface area contributed by atoms with Crippen molar-refractivity contribution in [2.24, 2.45) is 0 Å². The summed E-state index contributed by atoms with van der Waals surface area (Å²) in [6.07, 6.45) is 1.39. The number of alkyl halides is 1. The number of esters is 1. The topological polar surface area (TPSA) is 83.6 Å². The quantitative estimate of drug-likeness (QED) is 0.169. The van der Waals surface area contributed by atoms with Gasteiger partial charge in [0, 0.05) is 54.1 Å². The zero-order chi connectivity index (χ0) is 22.6. The van der Waals surface area contributed by atoms with Crippen molar-refractivity contribution in [3.05, 3.63) is 64.7 Å². The van der Waals surface area contributed by atoms with Gasteiger partial charge >= 0.3 is 5.97 Å². The predicted octanol–water partition coefficient (Wildman–Crippen LogP) is 5.59. The van der Waals surface area contributed by atoms with Crippen molar-refractivity contribution in [1.29, 1.82) is 0 Å². The molecule has 0 aliphatic rings.